The number of aromatic amines is 1. The summed E-state index contributed by atoms with van der Waals surface area (Å²) in [7, 11) is 0. The van der Waals surface area contributed by atoms with Gasteiger partial charge in [0.15, 0.2) is 0 Å². The number of pyridine rings is 1. The van der Waals surface area contributed by atoms with Gasteiger partial charge in [-0.1, -0.05) is 17.4 Å². The minimum atomic E-state index is -5.08. The second kappa shape index (κ2) is 10.7. The lowest BCUT2D eigenvalue weighted by Gasteiger charge is -2.12. The molecule has 1 aromatic carbocycles. The first kappa shape index (κ1) is 26.4. The third-order valence-corrected chi connectivity index (χ3v) is 6.47. The van der Waals surface area contributed by atoms with Crippen LogP contribution in [0.25, 0.3) is 32.7 Å². The summed E-state index contributed by atoms with van der Waals surface area (Å²) in [6, 6.07) is 12.4. The minimum Gasteiger partial charge on any atom is -0.475 e. The van der Waals surface area contributed by atoms with Gasteiger partial charge >= 0.3 is 12.1 Å². The summed E-state index contributed by atoms with van der Waals surface area (Å²) in [5.41, 5.74) is 10.1. The molecule has 4 heterocycles. The molecule has 5 rings (SSSR count). The molecule has 0 saturated carbocycles. The summed E-state index contributed by atoms with van der Waals surface area (Å²) in [6.07, 6.45) is -2.01. The van der Waals surface area contributed by atoms with Crippen LogP contribution < -0.4 is 15.4 Å². The number of aromatic nitrogens is 4. The Balaban J connectivity index is 0.000000405. The Hall–Kier alpha value is -3.71. The van der Waals surface area contributed by atoms with Gasteiger partial charge in [0.25, 0.3) is 0 Å². The molecule has 1 saturated heterocycles. The Morgan fingerprint density at radius 3 is 2.68 bits per heavy atom. The van der Waals surface area contributed by atoms with Gasteiger partial charge in [-0.2, -0.15) is 13.2 Å². The molecule has 3 aromatic heterocycles. The van der Waals surface area contributed by atoms with Crippen LogP contribution in [0.3, 0.4) is 0 Å². The van der Waals surface area contributed by atoms with Crippen molar-refractivity contribution in [1.29, 1.82) is 0 Å². The lowest BCUT2D eigenvalue weighted by Crippen LogP contribution is -2.26. The molecule has 4 aromatic rings. The van der Waals surface area contributed by atoms with Crippen LogP contribution in [0.2, 0.25) is 0 Å². The van der Waals surface area contributed by atoms with E-state index in [2.05, 4.69) is 43.3 Å². The molecule has 0 spiro atoms. The average molecular weight is 535 g/mol. The monoisotopic (exact) mass is 534 g/mol. The fourth-order valence-corrected chi connectivity index (χ4v) is 4.63. The van der Waals surface area contributed by atoms with Gasteiger partial charge in [0.1, 0.15) is 5.01 Å². The van der Waals surface area contributed by atoms with Crippen molar-refractivity contribution in [2.24, 2.45) is 5.73 Å². The summed E-state index contributed by atoms with van der Waals surface area (Å²) in [6.45, 7) is 5.78. The smallest absolute Gasteiger partial charge is 0.475 e. The van der Waals surface area contributed by atoms with E-state index >= 15 is 0 Å². The average Bonchev–Trinajstić information content (AvgIpc) is 3.57. The minimum absolute atomic E-state index is 0.0825. The Morgan fingerprint density at radius 2 is 2.03 bits per heavy atom. The predicted molar refractivity (Wildman–Crippen MR) is 135 cm³/mol. The van der Waals surface area contributed by atoms with Gasteiger partial charge in [0.2, 0.25) is 11.0 Å². The zero-order valence-corrected chi connectivity index (χ0v) is 20.8. The van der Waals surface area contributed by atoms with Crippen molar-refractivity contribution >= 4 is 33.3 Å². The van der Waals surface area contributed by atoms with Crippen LogP contribution in [0.5, 0.6) is 5.88 Å². The van der Waals surface area contributed by atoms with Gasteiger partial charge in [-0.15, -0.1) is 10.2 Å². The van der Waals surface area contributed by atoms with Gasteiger partial charge in [-0.25, -0.2) is 9.78 Å². The van der Waals surface area contributed by atoms with Crippen molar-refractivity contribution in [2.75, 3.05) is 18.0 Å². The van der Waals surface area contributed by atoms with Crippen molar-refractivity contribution < 1.29 is 27.8 Å². The highest BCUT2D eigenvalue weighted by Gasteiger charge is 2.38. The lowest BCUT2D eigenvalue weighted by molar-refractivity contribution is -0.192. The van der Waals surface area contributed by atoms with Crippen molar-refractivity contribution in [3.63, 3.8) is 0 Å². The Morgan fingerprint density at radius 1 is 1.27 bits per heavy atom. The lowest BCUT2D eigenvalue weighted by atomic mass is 10.1. The summed E-state index contributed by atoms with van der Waals surface area (Å²) >= 11 is 1.61. The van der Waals surface area contributed by atoms with E-state index in [0.717, 1.165) is 57.4 Å². The van der Waals surface area contributed by atoms with E-state index in [1.807, 2.05) is 38.2 Å². The quantitative estimate of drug-likeness (QED) is 0.336. The number of nitrogens with one attached hydrogen (secondary N) is 1. The standard InChI is InChI=1S/C22H24N6OS.C2HF3O2/c1-13(2)29-20-5-3-4-19(25-20)17-11-24-18-7-6-14(10-16(17)18)21-26-27-22(30-21)28-9-8-15(23)12-28;3-2(4,5)1(6)7/h3-7,10-11,13,15,24H,8-9,12,23H2,1-2H3;(H,6,7)/t15-;/m1./s1. The number of carboxylic acids is 1. The molecule has 1 fully saturated rings. The number of carboxylic acid groups (broad SMARTS) is 1. The highest BCUT2D eigenvalue weighted by Crippen LogP contribution is 2.35. The van der Waals surface area contributed by atoms with Crippen molar-refractivity contribution in [3.8, 4) is 27.7 Å². The number of nitrogens with two attached hydrogens (primary N) is 1. The molecule has 0 radical (unpaired) electrons. The third-order valence-electron chi connectivity index (χ3n) is 5.44. The van der Waals surface area contributed by atoms with E-state index in [4.69, 9.17) is 20.4 Å². The number of carbonyl (C=O) groups is 1. The van der Waals surface area contributed by atoms with Crippen LogP contribution in [0.4, 0.5) is 18.3 Å². The molecular weight excluding hydrogens is 509 g/mol. The van der Waals surface area contributed by atoms with E-state index in [9.17, 15) is 13.2 Å². The van der Waals surface area contributed by atoms with Gasteiger partial charge in [-0.3, -0.25) is 0 Å². The topological polar surface area (TPSA) is 130 Å². The zero-order chi connectivity index (χ0) is 26.7. The number of fused-ring (bicyclic) bond motifs is 1. The van der Waals surface area contributed by atoms with E-state index in [1.54, 1.807) is 11.3 Å². The van der Waals surface area contributed by atoms with Crippen LogP contribution in [0.1, 0.15) is 20.3 Å². The molecule has 0 unspecified atom stereocenters. The van der Waals surface area contributed by atoms with E-state index in [-0.39, 0.29) is 12.1 Å². The molecule has 1 atom stereocenters. The molecule has 0 bridgehead atoms. The number of benzene rings is 1. The van der Waals surface area contributed by atoms with E-state index < -0.39 is 12.1 Å². The first-order valence-corrected chi connectivity index (χ1v) is 12.2. The zero-order valence-electron chi connectivity index (χ0n) is 20.0. The molecule has 0 amide bonds. The number of hydrogen-bond donors (Lipinski definition) is 3. The fourth-order valence-electron chi connectivity index (χ4n) is 3.76. The number of aliphatic carboxylic acids is 1. The van der Waals surface area contributed by atoms with Crippen molar-refractivity contribution in [1.82, 2.24) is 20.2 Å². The summed E-state index contributed by atoms with van der Waals surface area (Å²) in [4.78, 5) is 19.1. The second-order valence-electron chi connectivity index (χ2n) is 8.68. The summed E-state index contributed by atoms with van der Waals surface area (Å²) in [5.74, 6) is -2.13. The van der Waals surface area contributed by atoms with Crippen LogP contribution in [-0.4, -0.2) is 62.7 Å². The summed E-state index contributed by atoms with van der Waals surface area (Å²) in [5, 5.41) is 18.9. The fraction of sp³-hybridized carbons (Fsp3) is 0.333. The first-order chi connectivity index (χ1) is 17.5. The van der Waals surface area contributed by atoms with Crippen LogP contribution in [-0.2, 0) is 4.79 Å². The summed E-state index contributed by atoms with van der Waals surface area (Å²) < 4.78 is 37.5. The van der Waals surface area contributed by atoms with Gasteiger partial charge < -0.3 is 25.5 Å². The second-order valence-corrected chi connectivity index (χ2v) is 9.63. The number of anilines is 1. The van der Waals surface area contributed by atoms with Crippen LogP contribution >= 0.6 is 11.3 Å². The number of alkyl halides is 3. The van der Waals surface area contributed by atoms with Gasteiger partial charge in [-0.05, 0) is 44.5 Å². The van der Waals surface area contributed by atoms with Crippen LogP contribution in [0, 0.1) is 0 Å². The van der Waals surface area contributed by atoms with E-state index in [0.29, 0.717) is 5.88 Å². The van der Waals surface area contributed by atoms with E-state index in [1.165, 1.54) is 0 Å². The van der Waals surface area contributed by atoms with Gasteiger partial charge in [0.05, 0.1) is 11.8 Å². The van der Waals surface area contributed by atoms with Crippen LogP contribution in [0.15, 0.2) is 42.6 Å². The maximum absolute atomic E-state index is 10.6. The highest BCUT2D eigenvalue weighted by atomic mass is 32.1. The SMILES string of the molecule is CC(C)Oc1cccc(-c2c[nH]c3ccc(-c4nnc(N5CC[C@@H](N)C5)s4)cc23)n1.O=C(O)C(F)(F)F. The molecule has 4 N–H and O–H groups in total. The number of hydrogen-bond acceptors (Lipinski definition) is 8. The maximum atomic E-state index is 10.6. The van der Waals surface area contributed by atoms with Crippen molar-refractivity contribution in [3.05, 3.63) is 42.6 Å². The number of nitrogens with zero attached hydrogens (tertiary/aromatic N) is 4. The molecule has 0 aliphatic carbocycles. The van der Waals surface area contributed by atoms with Gasteiger partial charge in [0, 0.05) is 53.4 Å². The first-order valence-electron chi connectivity index (χ1n) is 11.4. The Labute approximate surface area is 214 Å². The normalized spacial score (nSPS) is 15.6. The molecule has 1 aliphatic rings. The Kier molecular flexibility index (Phi) is 7.64. The number of ether oxygens (including phenoxy) is 1. The number of halogens is 3. The third kappa shape index (κ3) is 6.35. The number of rotatable bonds is 5. The van der Waals surface area contributed by atoms with Crippen molar-refractivity contribution in [2.45, 2.75) is 38.6 Å². The molecule has 13 heteroatoms. The molecule has 9 nitrogen and oxygen atoms in total. The predicted octanol–water partition coefficient (Wildman–Crippen LogP) is 4.71. The highest BCUT2D eigenvalue weighted by molar-refractivity contribution is 7.18. The number of H-pyrrole nitrogens is 1. The molecule has 1 aliphatic heterocycles. The molecule has 37 heavy (non-hydrogen) atoms. The Bertz CT molecular complexity index is 1390. The molecular formula is C24H25F3N6O3S. The maximum Gasteiger partial charge on any atom is 0.490 e. The largest absolute Gasteiger partial charge is 0.490 e. The molecule has 196 valence electrons.